The number of halogens is 1. The zero-order valence-electron chi connectivity index (χ0n) is 11.1. The zero-order valence-corrected chi connectivity index (χ0v) is 11.1. The van der Waals surface area contributed by atoms with Gasteiger partial charge in [0, 0.05) is 5.56 Å². The number of benzene rings is 2. The topological polar surface area (TPSA) is 61.5 Å². The van der Waals surface area contributed by atoms with E-state index in [4.69, 9.17) is 15.2 Å². The molecule has 0 amide bonds. The van der Waals surface area contributed by atoms with Crippen molar-refractivity contribution in [3.05, 3.63) is 53.3 Å². The largest absolute Gasteiger partial charge is 0.495 e. The summed E-state index contributed by atoms with van der Waals surface area (Å²) in [5, 5.41) is 0. The number of carbonyl (C=O) groups is 1. The summed E-state index contributed by atoms with van der Waals surface area (Å²) in [6, 6.07) is 9.17. The molecule has 0 saturated heterocycles. The van der Waals surface area contributed by atoms with Crippen LogP contribution < -0.4 is 15.2 Å². The number of ether oxygens (including phenoxy) is 2. The Morgan fingerprint density at radius 1 is 1.00 bits per heavy atom. The van der Waals surface area contributed by atoms with Gasteiger partial charge in [0.25, 0.3) is 0 Å². The van der Waals surface area contributed by atoms with Gasteiger partial charge in [0.2, 0.25) is 0 Å². The minimum absolute atomic E-state index is 0.0114. The number of nitrogen functional groups attached to an aromatic ring is 1. The second kappa shape index (κ2) is 5.61. The Labute approximate surface area is 115 Å². The minimum Gasteiger partial charge on any atom is -0.495 e. The van der Waals surface area contributed by atoms with Gasteiger partial charge in [-0.05, 0) is 24.3 Å². The molecule has 2 rings (SSSR count). The average Bonchev–Trinajstić information content (AvgIpc) is 2.47. The number of methoxy groups -OCH3 is 2. The molecule has 0 fully saturated rings. The highest BCUT2D eigenvalue weighted by Crippen LogP contribution is 2.29. The van der Waals surface area contributed by atoms with Crippen molar-refractivity contribution in [3.63, 3.8) is 0 Å². The standard InChI is InChI=1S/C15H14FNO3/c1-19-11-7-3-5-9(13(11)16)15(18)10-6-4-8-12(20-2)14(10)17/h3-8H,17H2,1-2H3. The van der Waals surface area contributed by atoms with Crippen molar-refractivity contribution in [1.82, 2.24) is 0 Å². The summed E-state index contributed by atoms with van der Waals surface area (Å²) in [6.07, 6.45) is 0. The third-order valence-corrected chi connectivity index (χ3v) is 2.96. The Bertz CT molecular complexity index is 600. The molecule has 2 aromatic carbocycles. The highest BCUT2D eigenvalue weighted by atomic mass is 19.1. The Hall–Kier alpha value is -2.56. The molecule has 104 valence electrons. The molecule has 0 aliphatic rings. The summed E-state index contributed by atoms with van der Waals surface area (Å²) in [5.74, 6) is -0.837. The van der Waals surface area contributed by atoms with Gasteiger partial charge in [0.05, 0.1) is 25.5 Å². The summed E-state index contributed by atoms with van der Waals surface area (Å²) < 4.78 is 24.0. The van der Waals surface area contributed by atoms with Crippen LogP contribution in [-0.2, 0) is 0 Å². The van der Waals surface area contributed by atoms with Gasteiger partial charge in [-0.15, -0.1) is 0 Å². The second-order valence-electron chi connectivity index (χ2n) is 4.07. The molecule has 0 unspecified atom stereocenters. The first kappa shape index (κ1) is 13.9. The monoisotopic (exact) mass is 275 g/mol. The van der Waals surface area contributed by atoms with Gasteiger partial charge in [-0.1, -0.05) is 12.1 Å². The summed E-state index contributed by atoms with van der Waals surface area (Å²) in [6.45, 7) is 0. The van der Waals surface area contributed by atoms with E-state index in [-0.39, 0.29) is 22.6 Å². The molecule has 0 saturated carbocycles. The molecule has 0 atom stereocenters. The molecule has 0 spiro atoms. The molecule has 20 heavy (non-hydrogen) atoms. The fourth-order valence-corrected chi connectivity index (χ4v) is 1.91. The van der Waals surface area contributed by atoms with Crippen LogP contribution in [0.5, 0.6) is 11.5 Å². The van der Waals surface area contributed by atoms with Crippen molar-refractivity contribution in [1.29, 1.82) is 0 Å². The first-order chi connectivity index (χ1) is 9.60. The minimum atomic E-state index is -0.706. The van der Waals surface area contributed by atoms with Crippen molar-refractivity contribution in [2.75, 3.05) is 20.0 Å². The Morgan fingerprint density at radius 2 is 1.55 bits per heavy atom. The van der Waals surface area contributed by atoms with E-state index in [0.29, 0.717) is 5.75 Å². The summed E-state index contributed by atoms with van der Waals surface area (Å²) in [4.78, 5) is 12.4. The Balaban J connectivity index is 2.52. The Kier molecular flexibility index (Phi) is 3.89. The molecule has 0 bridgehead atoms. The molecule has 4 nitrogen and oxygen atoms in total. The van der Waals surface area contributed by atoms with Crippen LogP contribution in [0.15, 0.2) is 36.4 Å². The number of nitrogens with two attached hydrogens (primary N) is 1. The highest BCUT2D eigenvalue weighted by Gasteiger charge is 2.20. The molecule has 0 aliphatic carbocycles. The molecule has 0 aromatic heterocycles. The zero-order chi connectivity index (χ0) is 14.7. The summed E-state index contributed by atoms with van der Waals surface area (Å²) >= 11 is 0. The maximum absolute atomic E-state index is 14.1. The van der Waals surface area contributed by atoms with Gasteiger partial charge in [-0.2, -0.15) is 0 Å². The summed E-state index contributed by atoms with van der Waals surface area (Å²) in [5.41, 5.74) is 6.13. The lowest BCUT2D eigenvalue weighted by molar-refractivity contribution is 0.103. The number of para-hydroxylation sites is 1. The van der Waals surface area contributed by atoms with E-state index < -0.39 is 11.6 Å². The number of ketones is 1. The lowest BCUT2D eigenvalue weighted by Crippen LogP contribution is -2.09. The van der Waals surface area contributed by atoms with E-state index >= 15 is 0 Å². The molecular weight excluding hydrogens is 261 g/mol. The number of hydrogen-bond donors (Lipinski definition) is 1. The maximum Gasteiger partial charge on any atom is 0.198 e. The van der Waals surface area contributed by atoms with Gasteiger partial charge in [0.1, 0.15) is 5.75 Å². The van der Waals surface area contributed by atoms with Crippen LogP contribution in [0.3, 0.4) is 0 Å². The molecule has 2 aromatic rings. The predicted molar refractivity (Wildman–Crippen MR) is 73.8 cm³/mol. The number of rotatable bonds is 4. The first-order valence-corrected chi connectivity index (χ1v) is 5.89. The number of carbonyl (C=O) groups excluding carboxylic acids is 1. The van der Waals surface area contributed by atoms with E-state index in [1.54, 1.807) is 18.2 Å². The normalized spacial score (nSPS) is 10.2. The van der Waals surface area contributed by atoms with Crippen LogP contribution in [0.25, 0.3) is 0 Å². The first-order valence-electron chi connectivity index (χ1n) is 5.89. The van der Waals surface area contributed by atoms with Gasteiger partial charge >= 0.3 is 0 Å². The Morgan fingerprint density at radius 3 is 2.15 bits per heavy atom. The van der Waals surface area contributed by atoms with Crippen LogP contribution in [0.2, 0.25) is 0 Å². The van der Waals surface area contributed by atoms with E-state index in [1.807, 2.05) is 0 Å². The van der Waals surface area contributed by atoms with Crippen LogP contribution in [0.4, 0.5) is 10.1 Å². The molecule has 5 heteroatoms. The second-order valence-corrected chi connectivity index (χ2v) is 4.07. The van der Waals surface area contributed by atoms with E-state index in [0.717, 1.165) is 0 Å². The molecule has 0 heterocycles. The average molecular weight is 275 g/mol. The van der Waals surface area contributed by atoms with E-state index in [9.17, 15) is 9.18 Å². The van der Waals surface area contributed by atoms with Crippen LogP contribution in [0, 0.1) is 5.82 Å². The fraction of sp³-hybridized carbons (Fsp3) is 0.133. The van der Waals surface area contributed by atoms with E-state index in [1.165, 1.54) is 32.4 Å². The summed E-state index contributed by atoms with van der Waals surface area (Å²) in [7, 11) is 2.79. The van der Waals surface area contributed by atoms with Crippen molar-refractivity contribution in [3.8, 4) is 11.5 Å². The van der Waals surface area contributed by atoms with Crippen molar-refractivity contribution < 1.29 is 18.7 Å². The molecular formula is C15H14FNO3. The van der Waals surface area contributed by atoms with Crippen molar-refractivity contribution in [2.45, 2.75) is 0 Å². The SMILES string of the molecule is COc1cccc(C(=O)c2cccc(OC)c2F)c1N. The number of hydrogen-bond acceptors (Lipinski definition) is 4. The van der Waals surface area contributed by atoms with Crippen LogP contribution >= 0.6 is 0 Å². The quantitative estimate of drug-likeness (QED) is 0.688. The van der Waals surface area contributed by atoms with Gasteiger partial charge in [-0.3, -0.25) is 4.79 Å². The van der Waals surface area contributed by atoms with Gasteiger partial charge in [0.15, 0.2) is 17.3 Å². The van der Waals surface area contributed by atoms with Crippen LogP contribution in [0.1, 0.15) is 15.9 Å². The maximum atomic E-state index is 14.1. The highest BCUT2D eigenvalue weighted by molar-refractivity contribution is 6.13. The molecule has 0 aliphatic heterocycles. The fourth-order valence-electron chi connectivity index (χ4n) is 1.91. The third kappa shape index (κ3) is 2.30. The smallest absolute Gasteiger partial charge is 0.198 e. The molecule has 0 radical (unpaired) electrons. The number of anilines is 1. The van der Waals surface area contributed by atoms with Gasteiger partial charge in [-0.25, -0.2) is 4.39 Å². The predicted octanol–water partition coefficient (Wildman–Crippen LogP) is 2.66. The third-order valence-electron chi connectivity index (χ3n) is 2.96. The van der Waals surface area contributed by atoms with Crippen LogP contribution in [-0.4, -0.2) is 20.0 Å². The van der Waals surface area contributed by atoms with E-state index in [2.05, 4.69) is 0 Å². The van der Waals surface area contributed by atoms with Crippen molar-refractivity contribution >= 4 is 11.5 Å². The lowest BCUT2D eigenvalue weighted by atomic mass is 10.0. The lowest BCUT2D eigenvalue weighted by Gasteiger charge is -2.10. The van der Waals surface area contributed by atoms with Gasteiger partial charge < -0.3 is 15.2 Å². The molecule has 2 N–H and O–H groups in total. The van der Waals surface area contributed by atoms with Crippen molar-refractivity contribution in [2.24, 2.45) is 0 Å².